The van der Waals surface area contributed by atoms with Gasteiger partial charge in [0, 0.05) is 38.6 Å². The highest BCUT2D eigenvalue weighted by molar-refractivity contribution is 5.14. The topological polar surface area (TPSA) is 63.4 Å². The molecule has 118 valence electrons. The van der Waals surface area contributed by atoms with E-state index in [9.17, 15) is 0 Å². The van der Waals surface area contributed by atoms with Gasteiger partial charge in [0.1, 0.15) is 0 Å². The molecule has 1 aliphatic rings. The smallest absolute Gasteiger partial charge is 0.0953 e. The van der Waals surface area contributed by atoms with Crippen LogP contribution in [0.3, 0.4) is 0 Å². The van der Waals surface area contributed by atoms with Gasteiger partial charge >= 0.3 is 0 Å². The molecule has 2 aromatic rings. The summed E-state index contributed by atoms with van der Waals surface area (Å²) in [6.07, 6.45) is 6.74. The van der Waals surface area contributed by atoms with Crippen molar-refractivity contribution in [1.82, 2.24) is 19.4 Å². The highest BCUT2D eigenvalue weighted by atomic mass is 16.5. The minimum absolute atomic E-state index is 0.0448. The van der Waals surface area contributed by atoms with Crippen LogP contribution in [0.5, 0.6) is 0 Å². The summed E-state index contributed by atoms with van der Waals surface area (Å²) in [7, 11) is 0. The van der Waals surface area contributed by atoms with Crippen LogP contribution in [0, 0.1) is 0 Å². The van der Waals surface area contributed by atoms with E-state index in [0.717, 1.165) is 38.3 Å². The summed E-state index contributed by atoms with van der Waals surface area (Å²) in [5.74, 6) is 0. The van der Waals surface area contributed by atoms with Gasteiger partial charge in [-0.2, -0.15) is 0 Å². The number of fused-ring (bicyclic) bond motifs is 1. The maximum absolute atomic E-state index is 8.82. The Labute approximate surface area is 130 Å². The fraction of sp³-hybridized carbons (Fsp3) is 0.500. The van der Waals surface area contributed by atoms with Crippen LogP contribution in [-0.4, -0.2) is 44.3 Å². The molecule has 0 unspecified atom stereocenters. The lowest BCUT2D eigenvalue weighted by Gasteiger charge is -2.20. The molecule has 2 aromatic heterocycles. The molecular weight excluding hydrogens is 280 g/mol. The lowest BCUT2D eigenvalue weighted by atomic mass is 10.2. The lowest BCUT2D eigenvalue weighted by Crippen LogP contribution is -2.23. The molecule has 0 saturated carbocycles. The first-order chi connectivity index (χ1) is 10.9. The molecule has 1 aliphatic heterocycles. The van der Waals surface area contributed by atoms with Crippen LogP contribution in [-0.2, 0) is 31.0 Å². The average Bonchev–Trinajstić information content (AvgIpc) is 2.79. The first kappa shape index (κ1) is 15.1. The normalized spacial score (nSPS) is 15.5. The first-order valence-corrected chi connectivity index (χ1v) is 7.69. The molecule has 1 N–H and O–H groups in total. The van der Waals surface area contributed by atoms with Gasteiger partial charge < -0.3 is 14.4 Å². The molecule has 0 bridgehead atoms. The van der Waals surface area contributed by atoms with E-state index in [1.807, 2.05) is 18.6 Å². The summed E-state index contributed by atoms with van der Waals surface area (Å²) in [4.78, 5) is 11.1. The second-order valence-corrected chi connectivity index (χ2v) is 5.53. The van der Waals surface area contributed by atoms with Gasteiger partial charge in [-0.1, -0.05) is 6.07 Å². The van der Waals surface area contributed by atoms with Crippen LogP contribution in [0.1, 0.15) is 23.4 Å². The number of aromatic nitrogens is 3. The minimum Gasteiger partial charge on any atom is -0.394 e. The summed E-state index contributed by atoms with van der Waals surface area (Å²) < 4.78 is 7.66. The predicted octanol–water partition coefficient (Wildman–Crippen LogP) is 1.19. The van der Waals surface area contributed by atoms with Crippen molar-refractivity contribution in [3.63, 3.8) is 0 Å². The SMILES string of the molecule is OCCOCc1ncn2c1CN(Cc1cccnc1)CCC2. The van der Waals surface area contributed by atoms with Gasteiger partial charge in [-0.05, 0) is 18.1 Å². The number of pyridine rings is 1. The Bertz CT molecular complexity index is 585. The molecule has 0 aliphatic carbocycles. The molecule has 6 heteroatoms. The van der Waals surface area contributed by atoms with Gasteiger partial charge in [0.25, 0.3) is 0 Å². The second-order valence-electron chi connectivity index (χ2n) is 5.53. The van der Waals surface area contributed by atoms with E-state index in [1.54, 1.807) is 6.20 Å². The van der Waals surface area contributed by atoms with E-state index in [-0.39, 0.29) is 6.61 Å². The molecule has 3 rings (SSSR count). The van der Waals surface area contributed by atoms with Gasteiger partial charge in [0.2, 0.25) is 0 Å². The van der Waals surface area contributed by atoms with Crippen LogP contribution in [0.4, 0.5) is 0 Å². The highest BCUT2D eigenvalue weighted by Gasteiger charge is 2.18. The number of aliphatic hydroxyl groups is 1. The second kappa shape index (κ2) is 7.49. The van der Waals surface area contributed by atoms with Gasteiger partial charge in [0.15, 0.2) is 0 Å². The third-order valence-electron chi connectivity index (χ3n) is 3.88. The van der Waals surface area contributed by atoms with Crippen molar-refractivity contribution in [2.24, 2.45) is 0 Å². The summed E-state index contributed by atoms with van der Waals surface area (Å²) in [6.45, 7) is 4.68. The number of nitrogens with zero attached hydrogens (tertiary/aromatic N) is 4. The number of aliphatic hydroxyl groups excluding tert-OH is 1. The molecule has 0 radical (unpaired) electrons. The van der Waals surface area contributed by atoms with Crippen molar-refractivity contribution in [2.45, 2.75) is 32.7 Å². The van der Waals surface area contributed by atoms with Crippen molar-refractivity contribution in [3.8, 4) is 0 Å². The summed E-state index contributed by atoms with van der Waals surface area (Å²) in [5, 5.41) is 8.82. The Kier molecular flexibility index (Phi) is 5.15. The van der Waals surface area contributed by atoms with Crippen LogP contribution < -0.4 is 0 Å². The number of ether oxygens (including phenoxy) is 1. The molecule has 22 heavy (non-hydrogen) atoms. The number of hydrogen-bond donors (Lipinski definition) is 1. The fourth-order valence-electron chi connectivity index (χ4n) is 2.82. The molecule has 0 spiro atoms. The van der Waals surface area contributed by atoms with E-state index in [4.69, 9.17) is 9.84 Å². The monoisotopic (exact) mass is 302 g/mol. The average molecular weight is 302 g/mol. The van der Waals surface area contributed by atoms with Crippen LogP contribution in [0.2, 0.25) is 0 Å². The summed E-state index contributed by atoms with van der Waals surface area (Å²) in [5.41, 5.74) is 3.43. The maximum atomic E-state index is 8.82. The Morgan fingerprint density at radius 1 is 1.32 bits per heavy atom. The Balaban J connectivity index is 1.69. The molecule has 6 nitrogen and oxygen atoms in total. The molecule has 0 atom stereocenters. The number of aryl methyl sites for hydroxylation is 1. The van der Waals surface area contributed by atoms with E-state index in [2.05, 4.69) is 25.5 Å². The predicted molar refractivity (Wildman–Crippen MR) is 81.9 cm³/mol. The third-order valence-corrected chi connectivity index (χ3v) is 3.88. The quantitative estimate of drug-likeness (QED) is 0.812. The van der Waals surface area contributed by atoms with Gasteiger partial charge in [-0.3, -0.25) is 9.88 Å². The first-order valence-electron chi connectivity index (χ1n) is 7.69. The van der Waals surface area contributed by atoms with E-state index in [0.29, 0.717) is 13.2 Å². The largest absolute Gasteiger partial charge is 0.394 e. The number of rotatable bonds is 6. The summed E-state index contributed by atoms with van der Waals surface area (Å²) >= 11 is 0. The Hall–Kier alpha value is -1.76. The molecule has 0 fully saturated rings. The Morgan fingerprint density at radius 3 is 3.09 bits per heavy atom. The zero-order chi connectivity index (χ0) is 15.2. The maximum Gasteiger partial charge on any atom is 0.0953 e. The molecule has 0 amide bonds. The lowest BCUT2D eigenvalue weighted by molar-refractivity contribution is 0.0790. The zero-order valence-electron chi connectivity index (χ0n) is 12.7. The highest BCUT2D eigenvalue weighted by Crippen LogP contribution is 2.18. The van der Waals surface area contributed by atoms with Crippen molar-refractivity contribution < 1.29 is 9.84 Å². The standard InChI is InChI=1S/C16H22N4O2/c21-7-8-22-12-15-16-11-19(5-2-6-20(16)13-18-15)10-14-3-1-4-17-9-14/h1,3-4,9,13,21H,2,5-8,10-12H2. The Morgan fingerprint density at radius 2 is 2.27 bits per heavy atom. The molecule has 0 aromatic carbocycles. The molecule has 0 saturated heterocycles. The van der Waals surface area contributed by atoms with Crippen LogP contribution >= 0.6 is 0 Å². The van der Waals surface area contributed by atoms with Gasteiger partial charge in [-0.15, -0.1) is 0 Å². The van der Waals surface area contributed by atoms with Crippen molar-refractivity contribution in [2.75, 3.05) is 19.8 Å². The molecular formula is C16H22N4O2. The van der Waals surface area contributed by atoms with Gasteiger partial charge in [0.05, 0.1) is 37.5 Å². The number of hydrogen-bond acceptors (Lipinski definition) is 5. The fourth-order valence-corrected chi connectivity index (χ4v) is 2.82. The van der Waals surface area contributed by atoms with Gasteiger partial charge in [-0.25, -0.2) is 4.98 Å². The van der Waals surface area contributed by atoms with Crippen molar-refractivity contribution in [3.05, 3.63) is 47.8 Å². The zero-order valence-corrected chi connectivity index (χ0v) is 12.7. The van der Waals surface area contributed by atoms with E-state index in [1.165, 1.54) is 11.3 Å². The van der Waals surface area contributed by atoms with Crippen LogP contribution in [0.25, 0.3) is 0 Å². The molecule has 3 heterocycles. The van der Waals surface area contributed by atoms with Crippen molar-refractivity contribution >= 4 is 0 Å². The summed E-state index contributed by atoms with van der Waals surface area (Å²) in [6, 6.07) is 4.09. The van der Waals surface area contributed by atoms with Crippen molar-refractivity contribution in [1.29, 1.82) is 0 Å². The third kappa shape index (κ3) is 3.71. The van der Waals surface area contributed by atoms with E-state index < -0.39 is 0 Å². The number of imidazole rings is 1. The minimum atomic E-state index is 0.0448. The van der Waals surface area contributed by atoms with E-state index >= 15 is 0 Å². The van der Waals surface area contributed by atoms with Crippen LogP contribution in [0.15, 0.2) is 30.9 Å².